The molecule has 0 atom stereocenters. The fraction of sp³-hybridized carbons (Fsp3) is 1.00. The summed E-state index contributed by atoms with van der Waals surface area (Å²) in [6.07, 6.45) is 0.496. The minimum Gasteiger partial charge on any atom is -0.210 e. The molecule has 0 bridgehead atoms. The lowest BCUT2D eigenvalue weighted by Gasteiger charge is -2.08. The van der Waals surface area contributed by atoms with Gasteiger partial charge in [-0.25, -0.2) is 8.42 Å². The smallest absolute Gasteiger partial charge is 0.210 e. The quantitative estimate of drug-likeness (QED) is 0.587. The van der Waals surface area contributed by atoms with Crippen LogP contribution in [0.3, 0.4) is 0 Å². The van der Waals surface area contributed by atoms with Crippen LogP contribution in [0.5, 0.6) is 0 Å². The lowest BCUT2D eigenvalue weighted by molar-refractivity contribution is 0.139. The molecule has 0 aliphatic heterocycles. The first-order chi connectivity index (χ1) is 4.54. The van der Waals surface area contributed by atoms with Gasteiger partial charge in [-0.15, -0.1) is 4.48 Å². The second-order valence-corrected chi connectivity index (χ2v) is 4.05. The van der Waals surface area contributed by atoms with Crippen molar-refractivity contribution in [2.75, 3.05) is 12.3 Å². The highest BCUT2D eigenvalue weighted by Gasteiger charge is 2.17. The van der Waals surface area contributed by atoms with Gasteiger partial charge in [0.15, 0.2) is 0 Å². The molecule has 0 fully saturated rings. The fourth-order valence-electron chi connectivity index (χ4n) is 0.455. The summed E-state index contributed by atoms with van der Waals surface area (Å²) in [5.74, 6) is -0.177. The van der Waals surface area contributed by atoms with Gasteiger partial charge in [-0.1, -0.05) is 6.92 Å². The number of rotatable bonds is 4. The lowest BCUT2D eigenvalue weighted by atomic mass is 10.5. The Kier molecular flexibility index (Phi) is 3.81. The zero-order valence-electron chi connectivity index (χ0n) is 6.17. The highest BCUT2D eigenvalue weighted by molar-refractivity contribution is 7.88. The number of sulfonamides is 1. The fourth-order valence-corrected chi connectivity index (χ4v) is 1.20. The summed E-state index contributed by atoms with van der Waals surface area (Å²) in [7, 11) is -3.59. The first-order valence-electron chi connectivity index (χ1n) is 3.20. The molecule has 62 valence electrons. The van der Waals surface area contributed by atoms with E-state index in [1.165, 1.54) is 6.92 Å². The molecule has 0 aromatic rings. The Morgan fingerprint density at radius 2 is 1.90 bits per heavy atom. The van der Waals surface area contributed by atoms with Crippen LogP contribution in [0.1, 0.15) is 20.3 Å². The standard InChI is InChI=1S/C5H12FNO2S/c1-3-5-7(6)10(8,9)4-2/h3-5H2,1-2H3. The summed E-state index contributed by atoms with van der Waals surface area (Å²) in [5.41, 5.74) is 0. The predicted molar refractivity (Wildman–Crippen MR) is 37.6 cm³/mol. The average molecular weight is 169 g/mol. The summed E-state index contributed by atoms with van der Waals surface area (Å²) in [4.78, 5) is 0. The molecule has 0 saturated carbocycles. The lowest BCUT2D eigenvalue weighted by Crippen LogP contribution is -2.25. The minimum atomic E-state index is -3.59. The SMILES string of the molecule is CCCN(F)S(=O)(=O)CC. The van der Waals surface area contributed by atoms with E-state index in [2.05, 4.69) is 0 Å². The molecule has 0 amide bonds. The Bertz CT molecular complexity index is 178. The highest BCUT2D eigenvalue weighted by Crippen LogP contribution is 2.01. The van der Waals surface area contributed by atoms with Gasteiger partial charge in [-0.2, -0.15) is 0 Å². The summed E-state index contributed by atoms with van der Waals surface area (Å²) in [6, 6.07) is 0. The van der Waals surface area contributed by atoms with Crippen LogP contribution >= 0.6 is 0 Å². The molecule has 0 aromatic heterocycles. The topological polar surface area (TPSA) is 37.4 Å². The molecule has 0 aliphatic rings. The van der Waals surface area contributed by atoms with Crippen LogP contribution < -0.4 is 0 Å². The van der Waals surface area contributed by atoms with Gasteiger partial charge in [0.25, 0.3) is 0 Å². The first-order valence-corrected chi connectivity index (χ1v) is 4.81. The Morgan fingerprint density at radius 3 is 2.20 bits per heavy atom. The van der Waals surface area contributed by atoms with Gasteiger partial charge in [0.05, 0.1) is 5.75 Å². The van der Waals surface area contributed by atoms with E-state index in [4.69, 9.17) is 0 Å². The molecular weight excluding hydrogens is 157 g/mol. The van der Waals surface area contributed by atoms with Gasteiger partial charge in [-0.3, -0.25) is 0 Å². The second kappa shape index (κ2) is 3.88. The maximum Gasteiger partial charge on any atom is 0.239 e. The third kappa shape index (κ3) is 2.62. The Labute approximate surface area is 60.8 Å². The van der Waals surface area contributed by atoms with Gasteiger partial charge in [0.2, 0.25) is 10.0 Å². The van der Waals surface area contributed by atoms with Crippen molar-refractivity contribution >= 4 is 10.0 Å². The van der Waals surface area contributed by atoms with Crippen molar-refractivity contribution in [2.24, 2.45) is 0 Å². The molecule has 5 heteroatoms. The zero-order chi connectivity index (χ0) is 8.20. The molecule has 0 unspecified atom stereocenters. The molecule has 0 heterocycles. The number of hydrogen-bond acceptors (Lipinski definition) is 2. The van der Waals surface area contributed by atoms with Gasteiger partial charge < -0.3 is 0 Å². The van der Waals surface area contributed by atoms with E-state index in [0.717, 1.165) is 0 Å². The molecule has 0 aromatic carbocycles. The van der Waals surface area contributed by atoms with Gasteiger partial charge in [-0.05, 0) is 17.9 Å². The molecule has 0 N–H and O–H groups in total. The predicted octanol–water partition coefficient (Wildman–Crippen LogP) is 0.933. The van der Waals surface area contributed by atoms with Crippen molar-refractivity contribution in [1.29, 1.82) is 0 Å². The Morgan fingerprint density at radius 1 is 1.40 bits per heavy atom. The van der Waals surface area contributed by atoms with Crippen LogP contribution in [0.4, 0.5) is 4.48 Å². The maximum atomic E-state index is 12.4. The Hall–Kier alpha value is -0.160. The normalized spacial score (nSPS) is 12.4. The summed E-state index contributed by atoms with van der Waals surface area (Å²) in [5, 5.41) is 0. The maximum absolute atomic E-state index is 12.4. The third-order valence-electron chi connectivity index (χ3n) is 1.07. The van der Waals surface area contributed by atoms with Crippen molar-refractivity contribution in [3.8, 4) is 0 Å². The van der Waals surface area contributed by atoms with Gasteiger partial charge in [0, 0.05) is 6.54 Å². The van der Waals surface area contributed by atoms with Crippen LogP contribution in [0.2, 0.25) is 0 Å². The summed E-state index contributed by atoms with van der Waals surface area (Å²) < 4.78 is 33.6. The molecule has 3 nitrogen and oxygen atoms in total. The Balaban J connectivity index is 4.06. The first kappa shape index (κ1) is 9.84. The molecule has 0 rings (SSSR count). The third-order valence-corrected chi connectivity index (χ3v) is 2.58. The zero-order valence-corrected chi connectivity index (χ0v) is 6.99. The van der Waals surface area contributed by atoms with Crippen molar-refractivity contribution in [3.63, 3.8) is 0 Å². The molecule has 0 saturated heterocycles. The van der Waals surface area contributed by atoms with Crippen LogP contribution in [-0.4, -0.2) is 25.2 Å². The second-order valence-electron chi connectivity index (χ2n) is 1.91. The van der Waals surface area contributed by atoms with E-state index in [0.29, 0.717) is 6.42 Å². The van der Waals surface area contributed by atoms with Crippen molar-refractivity contribution in [2.45, 2.75) is 20.3 Å². The van der Waals surface area contributed by atoms with Crippen LogP contribution in [0, 0.1) is 0 Å². The van der Waals surface area contributed by atoms with E-state index in [1.807, 2.05) is 0 Å². The largest absolute Gasteiger partial charge is 0.239 e. The molecular formula is C5H12FNO2S. The monoisotopic (exact) mass is 169 g/mol. The molecule has 0 aliphatic carbocycles. The van der Waals surface area contributed by atoms with Crippen LogP contribution in [-0.2, 0) is 10.0 Å². The van der Waals surface area contributed by atoms with Gasteiger partial charge >= 0.3 is 0 Å². The van der Waals surface area contributed by atoms with E-state index in [1.54, 1.807) is 6.92 Å². The molecule has 10 heavy (non-hydrogen) atoms. The van der Waals surface area contributed by atoms with Crippen LogP contribution in [0.15, 0.2) is 0 Å². The van der Waals surface area contributed by atoms with Crippen molar-refractivity contribution < 1.29 is 12.9 Å². The summed E-state index contributed by atoms with van der Waals surface area (Å²) in [6.45, 7) is 3.09. The van der Waals surface area contributed by atoms with Crippen LogP contribution in [0.25, 0.3) is 0 Å². The van der Waals surface area contributed by atoms with Crippen molar-refractivity contribution in [3.05, 3.63) is 0 Å². The minimum absolute atomic E-state index is 0.0455. The van der Waals surface area contributed by atoms with E-state index < -0.39 is 10.0 Å². The van der Waals surface area contributed by atoms with E-state index in [-0.39, 0.29) is 16.8 Å². The van der Waals surface area contributed by atoms with E-state index in [9.17, 15) is 12.9 Å². The highest BCUT2D eigenvalue weighted by atomic mass is 32.2. The molecule has 0 spiro atoms. The van der Waals surface area contributed by atoms with E-state index >= 15 is 0 Å². The molecule has 0 radical (unpaired) electrons. The van der Waals surface area contributed by atoms with Gasteiger partial charge in [0.1, 0.15) is 0 Å². The van der Waals surface area contributed by atoms with Crippen molar-refractivity contribution in [1.82, 2.24) is 4.53 Å². The number of nitrogens with zero attached hydrogens (tertiary/aromatic N) is 1. The number of hydrogen-bond donors (Lipinski definition) is 0. The number of halogens is 1. The summed E-state index contributed by atoms with van der Waals surface area (Å²) >= 11 is 0. The average Bonchev–Trinajstić information content (AvgIpc) is 1.89.